The van der Waals surface area contributed by atoms with Crippen LogP contribution in [-0.2, 0) is 20.8 Å². The minimum atomic E-state index is -1.06. The van der Waals surface area contributed by atoms with Gasteiger partial charge in [-0.25, -0.2) is 4.79 Å². The maximum atomic E-state index is 12.3. The van der Waals surface area contributed by atoms with Crippen LogP contribution in [0.15, 0.2) is 15.9 Å². The first-order chi connectivity index (χ1) is 10.3. The molecule has 0 saturated carbocycles. The maximum Gasteiger partial charge on any atom is 0.326 e. The molecule has 0 spiro atoms. The summed E-state index contributed by atoms with van der Waals surface area (Å²) in [6.45, 7) is 3.26. The van der Waals surface area contributed by atoms with E-state index in [-0.39, 0.29) is 31.3 Å². The number of amides is 2. The van der Waals surface area contributed by atoms with Crippen molar-refractivity contribution in [3.05, 3.63) is 20.8 Å². The fraction of sp³-hybridized carbons (Fsp3) is 0.500. The summed E-state index contributed by atoms with van der Waals surface area (Å²) < 4.78 is 0.973. The van der Waals surface area contributed by atoms with Crippen LogP contribution < -0.4 is 5.32 Å². The van der Waals surface area contributed by atoms with Crippen molar-refractivity contribution >= 4 is 45.1 Å². The van der Waals surface area contributed by atoms with Crippen LogP contribution >= 0.6 is 27.3 Å². The lowest BCUT2D eigenvalue weighted by atomic mass is 10.2. The molecular weight excluding hydrogens is 372 g/mol. The van der Waals surface area contributed by atoms with Crippen LogP contribution in [-0.4, -0.2) is 46.9 Å². The van der Waals surface area contributed by atoms with E-state index >= 15 is 0 Å². The monoisotopic (exact) mass is 390 g/mol. The number of carbonyl (C=O) groups excluding carboxylic acids is 2. The largest absolute Gasteiger partial charge is 0.480 e. The molecule has 0 aliphatic heterocycles. The topological polar surface area (TPSA) is 86.7 Å². The molecule has 0 aliphatic carbocycles. The van der Waals surface area contributed by atoms with Crippen molar-refractivity contribution < 1.29 is 19.5 Å². The molecule has 1 rings (SSSR count). The van der Waals surface area contributed by atoms with E-state index in [9.17, 15) is 14.4 Å². The first-order valence-corrected chi connectivity index (χ1v) is 8.48. The zero-order valence-corrected chi connectivity index (χ0v) is 14.9. The van der Waals surface area contributed by atoms with E-state index in [2.05, 4.69) is 21.2 Å². The lowest BCUT2D eigenvalue weighted by Crippen LogP contribution is -2.46. The molecule has 6 nitrogen and oxygen atoms in total. The van der Waals surface area contributed by atoms with E-state index < -0.39 is 12.0 Å². The Bertz CT molecular complexity index is 547. The summed E-state index contributed by atoms with van der Waals surface area (Å²) in [7, 11) is 0. The van der Waals surface area contributed by atoms with Crippen molar-refractivity contribution in [3.63, 3.8) is 0 Å². The molecule has 0 radical (unpaired) electrons. The number of nitrogens with zero attached hydrogens (tertiary/aromatic N) is 1. The van der Waals surface area contributed by atoms with E-state index in [4.69, 9.17) is 5.11 Å². The minimum absolute atomic E-state index is 0.181. The molecule has 1 atom stereocenters. The highest BCUT2D eigenvalue weighted by atomic mass is 79.9. The number of aryl methyl sites for hydroxylation is 1. The lowest BCUT2D eigenvalue weighted by molar-refractivity contribution is -0.149. The quantitative estimate of drug-likeness (QED) is 0.709. The summed E-state index contributed by atoms with van der Waals surface area (Å²) >= 11 is 4.90. The van der Waals surface area contributed by atoms with E-state index in [1.54, 1.807) is 11.3 Å². The van der Waals surface area contributed by atoms with Crippen molar-refractivity contribution in [2.24, 2.45) is 0 Å². The summed E-state index contributed by atoms with van der Waals surface area (Å²) in [5.74, 6) is -1.50. The van der Waals surface area contributed by atoms with Crippen LogP contribution in [0.4, 0.5) is 0 Å². The van der Waals surface area contributed by atoms with Gasteiger partial charge in [0.2, 0.25) is 11.8 Å². The average Bonchev–Trinajstić information content (AvgIpc) is 2.85. The van der Waals surface area contributed by atoms with Gasteiger partial charge in [0, 0.05) is 41.2 Å². The van der Waals surface area contributed by atoms with Crippen molar-refractivity contribution in [3.8, 4) is 0 Å². The number of nitrogens with one attached hydrogen (secondary N) is 1. The van der Waals surface area contributed by atoms with Gasteiger partial charge in [0.25, 0.3) is 0 Å². The van der Waals surface area contributed by atoms with Gasteiger partial charge in [-0.15, -0.1) is 11.3 Å². The Labute approximate surface area is 141 Å². The fourth-order valence-corrected chi connectivity index (χ4v) is 3.33. The van der Waals surface area contributed by atoms with Gasteiger partial charge in [0.1, 0.15) is 6.04 Å². The molecule has 0 bridgehead atoms. The second kappa shape index (κ2) is 8.89. The highest BCUT2D eigenvalue weighted by Gasteiger charge is 2.25. The van der Waals surface area contributed by atoms with E-state index in [1.807, 2.05) is 11.4 Å². The van der Waals surface area contributed by atoms with Crippen molar-refractivity contribution in [1.82, 2.24) is 10.2 Å². The summed E-state index contributed by atoms with van der Waals surface area (Å²) in [6, 6.07) is 1.02. The van der Waals surface area contributed by atoms with Gasteiger partial charge in [-0.1, -0.05) is 0 Å². The third kappa shape index (κ3) is 6.15. The third-order valence-corrected chi connectivity index (χ3v) is 4.84. The standard InChI is InChI=1S/C14H19BrN2O4S/c1-9(14(20)21)17(6-5-16-10(2)18)13(19)4-3-12-7-11(15)8-22-12/h7-9H,3-6H2,1-2H3,(H,16,18)(H,20,21). The molecule has 122 valence electrons. The lowest BCUT2D eigenvalue weighted by Gasteiger charge is -2.26. The minimum Gasteiger partial charge on any atom is -0.480 e. The summed E-state index contributed by atoms with van der Waals surface area (Å²) in [5.41, 5.74) is 0. The van der Waals surface area contributed by atoms with Crippen LogP contribution in [0.1, 0.15) is 25.1 Å². The van der Waals surface area contributed by atoms with Gasteiger partial charge in [-0.3, -0.25) is 9.59 Å². The molecule has 22 heavy (non-hydrogen) atoms. The van der Waals surface area contributed by atoms with Crippen molar-refractivity contribution in [2.75, 3.05) is 13.1 Å². The number of carboxylic acid groups (broad SMARTS) is 1. The van der Waals surface area contributed by atoms with Gasteiger partial charge in [-0.05, 0) is 35.3 Å². The second-order valence-corrected chi connectivity index (χ2v) is 6.73. The van der Waals surface area contributed by atoms with Gasteiger partial charge in [-0.2, -0.15) is 0 Å². The molecule has 0 fully saturated rings. The molecule has 1 heterocycles. The normalized spacial score (nSPS) is 11.8. The second-order valence-electron chi connectivity index (χ2n) is 4.82. The number of hydrogen-bond acceptors (Lipinski definition) is 4. The van der Waals surface area contributed by atoms with Gasteiger partial charge >= 0.3 is 5.97 Å². The highest BCUT2D eigenvalue weighted by molar-refractivity contribution is 9.10. The molecule has 0 aliphatic rings. The zero-order chi connectivity index (χ0) is 16.7. The molecule has 1 unspecified atom stereocenters. The molecular formula is C14H19BrN2O4S. The molecule has 2 N–H and O–H groups in total. The van der Waals surface area contributed by atoms with Crippen LogP contribution in [0.25, 0.3) is 0 Å². The zero-order valence-electron chi connectivity index (χ0n) is 12.5. The van der Waals surface area contributed by atoms with Crippen molar-refractivity contribution in [1.29, 1.82) is 0 Å². The third-order valence-electron chi connectivity index (χ3n) is 3.08. The molecule has 2 amide bonds. The Morgan fingerprint density at radius 2 is 2.14 bits per heavy atom. The SMILES string of the molecule is CC(=O)NCCN(C(=O)CCc1cc(Br)cs1)C(C)C(=O)O. The fourth-order valence-electron chi connectivity index (χ4n) is 1.88. The van der Waals surface area contributed by atoms with Gasteiger partial charge in [0.15, 0.2) is 0 Å². The van der Waals surface area contributed by atoms with Crippen molar-refractivity contribution in [2.45, 2.75) is 32.7 Å². The summed E-state index contributed by atoms with van der Waals surface area (Å²) in [4.78, 5) is 36.7. The van der Waals surface area contributed by atoms with E-state index in [0.717, 1.165) is 9.35 Å². The van der Waals surface area contributed by atoms with Gasteiger partial charge in [0.05, 0.1) is 0 Å². The molecule has 0 saturated heterocycles. The molecule has 1 aromatic heterocycles. The van der Waals surface area contributed by atoms with E-state index in [0.29, 0.717) is 6.42 Å². The van der Waals surface area contributed by atoms with Gasteiger partial charge < -0.3 is 15.3 Å². The summed E-state index contributed by atoms with van der Waals surface area (Å²) in [6.07, 6.45) is 0.808. The summed E-state index contributed by atoms with van der Waals surface area (Å²) in [5, 5.41) is 13.6. The van der Waals surface area contributed by atoms with Crippen LogP contribution in [0, 0.1) is 0 Å². The van der Waals surface area contributed by atoms with Crippen LogP contribution in [0.2, 0.25) is 0 Å². The highest BCUT2D eigenvalue weighted by Crippen LogP contribution is 2.21. The number of rotatable bonds is 8. The Morgan fingerprint density at radius 1 is 1.45 bits per heavy atom. The Balaban J connectivity index is 2.61. The first kappa shape index (κ1) is 18.6. The number of carbonyl (C=O) groups is 3. The molecule has 0 aromatic carbocycles. The van der Waals surface area contributed by atoms with E-state index in [1.165, 1.54) is 18.7 Å². The predicted octanol–water partition coefficient (Wildman–Crippen LogP) is 1.88. The van der Waals surface area contributed by atoms with Crippen LogP contribution in [0.3, 0.4) is 0 Å². The average molecular weight is 391 g/mol. The number of hydrogen-bond donors (Lipinski definition) is 2. The van der Waals surface area contributed by atoms with Crippen LogP contribution in [0.5, 0.6) is 0 Å². The number of thiophene rings is 1. The Hall–Kier alpha value is -1.41. The Morgan fingerprint density at radius 3 is 2.64 bits per heavy atom. The predicted molar refractivity (Wildman–Crippen MR) is 87.8 cm³/mol. The number of halogens is 1. The smallest absolute Gasteiger partial charge is 0.326 e. The number of aliphatic carboxylic acids is 1. The molecule has 1 aromatic rings. The number of carboxylic acids is 1. The Kier molecular flexibility index (Phi) is 7.53. The maximum absolute atomic E-state index is 12.3. The molecule has 8 heteroatoms. The first-order valence-electron chi connectivity index (χ1n) is 6.81.